The van der Waals surface area contributed by atoms with E-state index in [1.165, 1.54) is 39.6 Å². The highest BCUT2D eigenvalue weighted by Gasteiger charge is 2.28. The Morgan fingerprint density at radius 3 is 2.80 bits per heavy atom. The van der Waals surface area contributed by atoms with E-state index in [0.29, 0.717) is 19.1 Å². The van der Waals surface area contributed by atoms with Crippen LogP contribution in [-0.2, 0) is 16.0 Å². The van der Waals surface area contributed by atoms with Crippen LogP contribution in [0.5, 0.6) is 5.75 Å². The van der Waals surface area contributed by atoms with Gasteiger partial charge in [0.2, 0.25) is 0 Å². The Balaban J connectivity index is 1.54. The van der Waals surface area contributed by atoms with E-state index in [-0.39, 0.29) is 11.9 Å². The number of thiophene rings is 1. The highest BCUT2D eigenvalue weighted by Crippen LogP contribution is 2.44. The third-order valence-electron chi connectivity index (χ3n) is 6.52. The summed E-state index contributed by atoms with van der Waals surface area (Å²) in [7, 11) is 0. The zero-order chi connectivity index (χ0) is 20.5. The van der Waals surface area contributed by atoms with Gasteiger partial charge in [-0.1, -0.05) is 6.07 Å². The van der Waals surface area contributed by atoms with Gasteiger partial charge in [0.05, 0.1) is 19.1 Å². The first-order chi connectivity index (χ1) is 14.7. The molecule has 2 aliphatic carbocycles. The zero-order valence-electron chi connectivity index (χ0n) is 17.5. The number of benzene rings is 2. The second-order valence-corrected chi connectivity index (χ2v) is 9.44. The standard InChI is InChI=1S/C26H28O3S/c1-2-28-26(27)15-19-8-7-18-14-24(29-21-5-3-4-6-21)23(16-22(18)19)17-9-10-25-20(13-17)11-12-30-25/h9-14,16,19,21H,2-8,15H2,1H3. The second-order valence-electron chi connectivity index (χ2n) is 8.49. The molecule has 3 nitrogen and oxygen atoms in total. The van der Waals surface area contributed by atoms with Gasteiger partial charge in [-0.3, -0.25) is 4.79 Å². The first-order valence-electron chi connectivity index (χ1n) is 11.2. The lowest BCUT2D eigenvalue weighted by atomic mass is 9.93. The van der Waals surface area contributed by atoms with Gasteiger partial charge in [0, 0.05) is 10.3 Å². The molecule has 0 N–H and O–H groups in total. The molecule has 1 atom stereocenters. The fourth-order valence-corrected chi connectivity index (χ4v) is 5.77. The summed E-state index contributed by atoms with van der Waals surface area (Å²) in [5.41, 5.74) is 4.97. The summed E-state index contributed by atoms with van der Waals surface area (Å²) < 4.78 is 13.1. The minimum Gasteiger partial charge on any atom is -0.490 e. The van der Waals surface area contributed by atoms with E-state index in [1.807, 2.05) is 6.92 Å². The van der Waals surface area contributed by atoms with Crippen LogP contribution >= 0.6 is 11.3 Å². The van der Waals surface area contributed by atoms with Crippen molar-refractivity contribution in [3.63, 3.8) is 0 Å². The summed E-state index contributed by atoms with van der Waals surface area (Å²) >= 11 is 1.77. The Labute approximate surface area is 182 Å². The van der Waals surface area contributed by atoms with Crippen LogP contribution in [0.25, 0.3) is 21.2 Å². The third kappa shape index (κ3) is 3.85. The molecule has 0 spiro atoms. The smallest absolute Gasteiger partial charge is 0.306 e. The van der Waals surface area contributed by atoms with E-state index < -0.39 is 0 Å². The summed E-state index contributed by atoms with van der Waals surface area (Å²) in [6, 6.07) is 13.4. The van der Waals surface area contributed by atoms with Gasteiger partial charge in [0.1, 0.15) is 5.75 Å². The second kappa shape index (κ2) is 8.43. The van der Waals surface area contributed by atoms with Crippen molar-refractivity contribution in [1.29, 1.82) is 0 Å². The van der Waals surface area contributed by atoms with Crippen LogP contribution < -0.4 is 4.74 Å². The molecule has 4 heteroatoms. The van der Waals surface area contributed by atoms with Crippen LogP contribution in [0.1, 0.15) is 62.5 Å². The summed E-state index contributed by atoms with van der Waals surface area (Å²) in [6.45, 7) is 2.31. The van der Waals surface area contributed by atoms with Gasteiger partial charge in [-0.15, -0.1) is 11.3 Å². The Hall–Kier alpha value is -2.33. The number of ether oxygens (including phenoxy) is 2. The lowest BCUT2D eigenvalue weighted by Gasteiger charge is -2.20. The zero-order valence-corrected chi connectivity index (χ0v) is 18.3. The van der Waals surface area contributed by atoms with E-state index in [4.69, 9.17) is 9.47 Å². The van der Waals surface area contributed by atoms with E-state index in [2.05, 4.69) is 41.8 Å². The first-order valence-corrected chi connectivity index (χ1v) is 12.1. The number of esters is 1. The molecule has 0 saturated heterocycles. The third-order valence-corrected chi connectivity index (χ3v) is 7.42. The van der Waals surface area contributed by atoms with Crippen molar-refractivity contribution >= 4 is 27.4 Å². The Bertz CT molecular complexity index is 1060. The van der Waals surface area contributed by atoms with Gasteiger partial charge >= 0.3 is 5.97 Å². The number of hydrogen-bond donors (Lipinski definition) is 0. The van der Waals surface area contributed by atoms with E-state index >= 15 is 0 Å². The monoisotopic (exact) mass is 420 g/mol. The Kier molecular flexibility index (Phi) is 5.51. The summed E-state index contributed by atoms with van der Waals surface area (Å²) in [4.78, 5) is 12.1. The van der Waals surface area contributed by atoms with Gasteiger partial charge in [-0.05, 0) is 109 Å². The average molecular weight is 421 g/mol. The molecule has 1 heterocycles. The van der Waals surface area contributed by atoms with Crippen LogP contribution in [0.15, 0.2) is 41.8 Å². The van der Waals surface area contributed by atoms with E-state index in [1.54, 1.807) is 11.3 Å². The molecule has 1 unspecified atom stereocenters. The number of rotatable bonds is 6. The minimum absolute atomic E-state index is 0.0946. The van der Waals surface area contributed by atoms with Crippen molar-refractivity contribution in [3.8, 4) is 16.9 Å². The molecule has 0 aliphatic heterocycles. The lowest BCUT2D eigenvalue weighted by Crippen LogP contribution is -2.12. The molecule has 2 aliphatic rings. The van der Waals surface area contributed by atoms with Crippen LogP contribution in [0, 0.1) is 0 Å². The molecule has 1 saturated carbocycles. The number of fused-ring (bicyclic) bond motifs is 2. The molecule has 156 valence electrons. The van der Waals surface area contributed by atoms with E-state index in [9.17, 15) is 4.79 Å². The van der Waals surface area contributed by atoms with Crippen LogP contribution in [0.4, 0.5) is 0 Å². The molecule has 0 bridgehead atoms. The molecule has 2 aromatic carbocycles. The normalized spacial score (nSPS) is 18.6. The molecule has 5 rings (SSSR count). The molecule has 1 fully saturated rings. The first kappa shape index (κ1) is 19.6. The summed E-state index contributed by atoms with van der Waals surface area (Å²) in [5, 5.41) is 3.41. The largest absolute Gasteiger partial charge is 0.490 e. The quantitative estimate of drug-likeness (QED) is 0.408. The molecular formula is C26H28O3S. The van der Waals surface area contributed by atoms with Crippen molar-refractivity contribution in [2.75, 3.05) is 6.61 Å². The maximum absolute atomic E-state index is 12.1. The predicted octanol–water partition coefficient (Wildman–Crippen LogP) is 6.87. The fourth-order valence-electron chi connectivity index (χ4n) is 5.00. The molecule has 3 aromatic rings. The summed E-state index contributed by atoms with van der Waals surface area (Å²) in [6.07, 6.45) is 7.60. The topological polar surface area (TPSA) is 35.5 Å². The minimum atomic E-state index is -0.0946. The van der Waals surface area contributed by atoms with Crippen molar-refractivity contribution in [2.45, 2.75) is 63.9 Å². The fraction of sp³-hybridized carbons (Fsp3) is 0.423. The van der Waals surface area contributed by atoms with Crippen molar-refractivity contribution < 1.29 is 14.3 Å². The molecule has 1 aromatic heterocycles. The number of carbonyl (C=O) groups excluding carboxylic acids is 1. The molecule has 0 radical (unpaired) electrons. The van der Waals surface area contributed by atoms with Gasteiger partial charge in [-0.2, -0.15) is 0 Å². The summed E-state index contributed by atoms with van der Waals surface area (Å²) in [5.74, 6) is 1.15. The van der Waals surface area contributed by atoms with Crippen LogP contribution in [0.3, 0.4) is 0 Å². The lowest BCUT2D eigenvalue weighted by molar-refractivity contribution is -0.143. The highest BCUT2D eigenvalue weighted by molar-refractivity contribution is 7.17. The van der Waals surface area contributed by atoms with Gasteiger partial charge in [0.25, 0.3) is 0 Å². The molecule has 30 heavy (non-hydrogen) atoms. The van der Waals surface area contributed by atoms with Gasteiger partial charge in [0.15, 0.2) is 0 Å². The Morgan fingerprint density at radius 2 is 1.97 bits per heavy atom. The SMILES string of the molecule is CCOC(=O)CC1CCc2cc(OC3CCCC3)c(-c3ccc4sccc4c3)cc21. The van der Waals surface area contributed by atoms with Crippen molar-refractivity contribution in [3.05, 3.63) is 52.9 Å². The molecular weight excluding hydrogens is 392 g/mol. The number of aryl methyl sites for hydroxylation is 1. The highest BCUT2D eigenvalue weighted by atomic mass is 32.1. The predicted molar refractivity (Wildman–Crippen MR) is 122 cm³/mol. The van der Waals surface area contributed by atoms with Crippen molar-refractivity contribution in [1.82, 2.24) is 0 Å². The van der Waals surface area contributed by atoms with Gasteiger partial charge < -0.3 is 9.47 Å². The average Bonchev–Trinajstić information content (AvgIpc) is 3.49. The van der Waals surface area contributed by atoms with Crippen molar-refractivity contribution in [2.24, 2.45) is 0 Å². The Morgan fingerprint density at radius 1 is 1.10 bits per heavy atom. The number of carbonyl (C=O) groups is 1. The van der Waals surface area contributed by atoms with E-state index in [0.717, 1.165) is 37.0 Å². The molecule has 0 amide bonds. The number of hydrogen-bond acceptors (Lipinski definition) is 4. The maximum atomic E-state index is 12.1. The van der Waals surface area contributed by atoms with Gasteiger partial charge in [-0.25, -0.2) is 0 Å². The van der Waals surface area contributed by atoms with Crippen LogP contribution in [-0.4, -0.2) is 18.7 Å². The maximum Gasteiger partial charge on any atom is 0.306 e. The van der Waals surface area contributed by atoms with Crippen LogP contribution in [0.2, 0.25) is 0 Å².